The molecule has 1 aliphatic rings. The Morgan fingerprint density at radius 3 is 2.32 bits per heavy atom. The molecule has 2 aromatic carbocycles. The third-order valence-electron chi connectivity index (χ3n) is 6.51. The van der Waals surface area contributed by atoms with Crippen LogP contribution in [0.5, 0.6) is 0 Å². The molecule has 1 unspecified atom stereocenters. The summed E-state index contributed by atoms with van der Waals surface area (Å²) in [5.41, 5.74) is -1.04. The highest BCUT2D eigenvalue weighted by Gasteiger charge is 2.45. The quantitative estimate of drug-likeness (QED) is 0.395. The van der Waals surface area contributed by atoms with E-state index in [1.54, 1.807) is 54.7 Å². The minimum Gasteiger partial charge on any atom is -0.457 e. The average molecular weight is 462 g/mol. The largest absolute Gasteiger partial charge is 0.457 e. The number of carbonyl (C=O) groups is 2. The second-order valence-electron chi connectivity index (χ2n) is 8.84. The Bertz CT molecular complexity index is 1070. The molecule has 0 saturated carbocycles. The maximum atomic E-state index is 13.3. The molecule has 1 fully saturated rings. The topological polar surface area (TPSA) is 101 Å². The number of carbonyl (C=O) groups excluding carboxylic acids is 2. The highest BCUT2D eigenvalue weighted by Crippen LogP contribution is 2.32. The zero-order valence-corrected chi connectivity index (χ0v) is 19.1. The number of nitrogens with zero attached hydrogens (tertiary/aromatic N) is 3. The van der Waals surface area contributed by atoms with Crippen molar-refractivity contribution in [3.8, 4) is 0 Å². The van der Waals surface area contributed by atoms with Gasteiger partial charge in [0.05, 0.1) is 19.8 Å². The van der Waals surface area contributed by atoms with Crippen LogP contribution in [0.15, 0.2) is 79.3 Å². The number of nitrogens with one attached hydrogen (secondary N) is 1. The molecule has 0 aliphatic carbocycles. The number of likely N-dealkylation sites (tertiary alicyclic amines) is 1. The normalized spacial score (nSPS) is 20.0. The average Bonchev–Trinajstić information content (AvgIpc) is 3.23. The van der Waals surface area contributed by atoms with Crippen LogP contribution in [0.25, 0.3) is 0 Å². The van der Waals surface area contributed by atoms with Gasteiger partial charge in [-0.3, -0.25) is 9.78 Å². The predicted molar refractivity (Wildman–Crippen MR) is 126 cm³/mol. The number of aromatic nitrogens is 2. The van der Waals surface area contributed by atoms with Crippen molar-refractivity contribution in [2.75, 3.05) is 32.1 Å². The number of anilines is 1. The molecular weight excluding hydrogens is 432 g/mol. The molecule has 0 bridgehead atoms. The fourth-order valence-corrected chi connectivity index (χ4v) is 4.57. The van der Waals surface area contributed by atoms with Crippen LogP contribution in [0, 0.1) is 0 Å². The highest BCUT2D eigenvalue weighted by atomic mass is 16.6. The van der Waals surface area contributed by atoms with Gasteiger partial charge < -0.3 is 19.6 Å². The summed E-state index contributed by atoms with van der Waals surface area (Å²) in [4.78, 5) is 34.0. The van der Waals surface area contributed by atoms with E-state index in [4.69, 9.17) is 4.74 Å². The molecule has 8 heteroatoms. The molecule has 34 heavy (non-hydrogen) atoms. The number of aliphatic hydroxyl groups is 1. The Morgan fingerprint density at radius 2 is 1.74 bits per heavy atom. The van der Waals surface area contributed by atoms with Gasteiger partial charge in [-0.25, -0.2) is 9.78 Å². The van der Waals surface area contributed by atoms with Crippen LogP contribution in [-0.2, 0) is 19.9 Å². The number of esters is 1. The first-order valence-electron chi connectivity index (χ1n) is 11.3. The SMILES string of the molecule is C[N@+]1(CC(=O)Nc2cnccn2)CCCC1COC(=O)C(O)(c1ccccc1)c1ccccc1. The van der Waals surface area contributed by atoms with Gasteiger partial charge >= 0.3 is 5.97 Å². The number of rotatable bonds is 8. The molecule has 2 heterocycles. The molecular formula is C26H29N4O4+. The summed E-state index contributed by atoms with van der Waals surface area (Å²) >= 11 is 0. The van der Waals surface area contributed by atoms with Crippen molar-refractivity contribution < 1.29 is 23.9 Å². The van der Waals surface area contributed by atoms with Crippen LogP contribution in [-0.4, -0.2) is 64.2 Å². The number of ether oxygens (including phenoxy) is 1. The second-order valence-corrected chi connectivity index (χ2v) is 8.84. The molecule has 1 aliphatic heterocycles. The lowest BCUT2D eigenvalue weighted by Gasteiger charge is -2.36. The van der Waals surface area contributed by atoms with Crippen LogP contribution in [0.3, 0.4) is 0 Å². The monoisotopic (exact) mass is 461 g/mol. The zero-order valence-electron chi connectivity index (χ0n) is 19.1. The zero-order chi connectivity index (χ0) is 24.0. The fraction of sp³-hybridized carbons (Fsp3) is 0.308. The third kappa shape index (κ3) is 4.98. The third-order valence-corrected chi connectivity index (χ3v) is 6.51. The lowest BCUT2D eigenvalue weighted by atomic mass is 9.86. The second kappa shape index (κ2) is 10.1. The molecule has 1 saturated heterocycles. The van der Waals surface area contributed by atoms with E-state index in [0.29, 0.717) is 21.4 Å². The summed E-state index contributed by atoms with van der Waals surface area (Å²) < 4.78 is 6.18. The standard InChI is InChI=1S/C26H28N4O4/c1-30(18-24(31)29-23-17-27-14-15-28-23)16-8-13-22(30)19-34-25(32)26(33,20-9-4-2-5-10-20)21-11-6-3-7-12-21/h2-7,9-12,14-15,17,22,33H,8,13,16,18-19H2,1H3/p+1/t22?,30-/m1/s1. The lowest BCUT2D eigenvalue weighted by molar-refractivity contribution is -0.913. The van der Waals surface area contributed by atoms with Gasteiger partial charge in [0, 0.05) is 25.2 Å². The van der Waals surface area contributed by atoms with Gasteiger partial charge in [0.15, 0.2) is 12.4 Å². The van der Waals surface area contributed by atoms with Gasteiger partial charge in [0.1, 0.15) is 12.6 Å². The maximum Gasteiger partial charge on any atom is 0.347 e. The van der Waals surface area contributed by atoms with E-state index in [2.05, 4.69) is 15.3 Å². The first-order valence-corrected chi connectivity index (χ1v) is 11.3. The van der Waals surface area contributed by atoms with Crippen LogP contribution in [0.4, 0.5) is 5.82 Å². The van der Waals surface area contributed by atoms with Crippen molar-refractivity contribution in [1.29, 1.82) is 0 Å². The number of amides is 1. The van der Waals surface area contributed by atoms with Gasteiger partial charge in [-0.2, -0.15) is 0 Å². The molecule has 1 aromatic heterocycles. The van der Waals surface area contributed by atoms with Crippen molar-refractivity contribution in [3.05, 3.63) is 90.4 Å². The minimum absolute atomic E-state index is 0.0626. The summed E-state index contributed by atoms with van der Waals surface area (Å²) in [6, 6.07) is 17.5. The van der Waals surface area contributed by atoms with Crippen molar-refractivity contribution in [3.63, 3.8) is 0 Å². The summed E-state index contributed by atoms with van der Waals surface area (Å²) in [6.07, 6.45) is 6.29. The molecule has 2 atom stereocenters. The number of hydrogen-bond donors (Lipinski definition) is 2. The maximum absolute atomic E-state index is 13.3. The molecule has 1 amide bonds. The Kier molecular flexibility index (Phi) is 7.00. The summed E-state index contributed by atoms with van der Waals surface area (Å²) in [5.74, 6) is -0.504. The van der Waals surface area contributed by atoms with E-state index in [1.807, 2.05) is 19.2 Å². The van der Waals surface area contributed by atoms with Gasteiger partial charge in [0.25, 0.3) is 5.91 Å². The Morgan fingerprint density at radius 1 is 1.09 bits per heavy atom. The highest BCUT2D eigenvalue weighted by molar-refractivity contribution is 5.90. The Labute approximate surface area is 198 Å². The van der Waals surface area contributed by atoms with E-state index in [0.717, 1.165) is 19.4 Å². The van der Waals surface area contributed by atoms with Crippen molar-refractivity contribution in [1.82, 2.24) is 9.97 Å². The van der Waals surface area contributed by atoms with Gasteiger partial charge in [-0.15, -0.1) is 0 Å². The van der Waals surface area contributed by atoms with Gasteiger partial charge in [-0.05, 0) is 11.1 Å². The van der Waals surface area contributed by atoms with Crippen molar-refractivity contribution in [2.24, 2.45) is 0 Å². The Hall–Kier alpha value is -3.62. The fourth-order valence-electron chi connectivity index (χ4n) is 4.57. The first kappa shape index (κ1) is 23.5. The van der Waals surface area contributed by atoms with E-state index in [-0.39, 0.29) is 25.1 Å². The van der Waals surface area contributed by atoms with Crippen LogP contribution < -0.4 is 5.32 Å². The molecule has 8 nitrogen and oxygen atoms in total. The number of benzene rings is 2. The smallest absolute Gasteiger partial charge is 0.347 e. The van der Waals surface area contributed by atoms with E-state index < -0.39 is 11.6 Å². The molecule has 4 rings (SSSR count). The molecule has 176 valence electrons. The first-order chi connectivity index (χ1) is 16.4. The van der Waals surface area contributed by atoms with Crippen molar-refractivity contribution >= 4 is 17.7 Å². The van der Waals surface area contributed by atoms with Crippen LogP contribution >= 0.6 is 0 Å². The Balaban J connectivity index is 1.46. The number of quaternary nitrogens is 1. The molecule has 0 radical (unpaired) electrons. The van der Waals surface area contributed by atoms with Crippen LogP contribution in [0.2, 0.25) is 0 Å². The minimum atomic E-state index is -1.92. The van der Waals surface area contributed by atoms with Crippen LogP contribution in [0.1, 0.15) is 24.0 Å². The summed E-state index contributed by atoms with van der Waals surface area (Å²) in [7, 11) is 1.99. The predicted octanol–water partition coefficient (Wildman–Crippen LogP) is 2.50. The number of likely N-dealkylation sites (N-methyl/N-ethyl adjacent to an activating group) is 1. The van der Waals surface area contributed by atoms with E-state index >= 15 is 0 Å². The lowest BCUT2D eigenvalue weighted by Crippen LogP contribution is -2.54. The van der Waals surface area contributed by atoms with Gasteiger partial charge in [0.2, 0.25) is 5.60 Å². The summed E-state index contributed by atoms with van der Waals surface area (Å²) in [6.45, 7) is 1.12. The number of hydrogen-bond acceptors (Lipinski definition) is 6. The van der Waals surface area contributed by atoms with E-state index in [9.17, 15) is 14.7 Å². The molecule has 2 N–H and O–H groups in total. The van der Waals surface area contributed by atoms with Gasteiger partial charge in [-0.1, -0.05) is 60.7 Å². The summed E-state index contributed by atoms with van der Waals surface area (Å²) in [5, 5.41) is 14.4. The van der Waals surface area contributed by atoms with Crippen molar-refractivity contribution in [2.45, 2.75) is 24.5 Å². The molecule has 3 aromatic rings. The molecule has 0 spiro atoms. The van der Waals surface area contributed by atoms with E-state index in [1.165, 1.54) is 12.4 Å².